The number of hydrogen-bond donors (Lipinski definition) is 3. The van der Waals surface area contributed by atoms with Gasteiger partial charge in [-0.1, -0.05) is 0 Å². The third kappa shape index (κ3) is 125. The van der Waals surface area contributed by atoms with E-state index in [1.165, 1.54) is 0 Å². The van der Waals surface area contributed by atoms with Crippen LogP contribution in [0.2, 0.25) is 11.5 Å². The molecule has 0 heterocycles. The Morgan fingerprint density at radius 2 is 1.28 bits per heavy atom. The number of rotatable bonds is 0. The molecule has 1 radical (unpaired) electrons. The summed E-state index contributed by atoms with van der Waals surface area (Å²) < 4.78 is 0. The molecule has 109 valence electrons. The molecule has 0 saturated heterocycles. The van der Waals surface area contributed by atoms with Crippen LogP contribution in [0.1, 0.15) is 27.2 Å². The maximum atomic E-state index is 7.57. The third-order valence-corrected chi connectivity index (χ3v) is 0.586. The minimum atomic E-state index is 0. The Balaban J connectivity index is -0.0000000398. The molecule has 0 amide bonds. The topological polar surface area (TPSA) is 60.7 Å². The first-order valence-corrected chi connectivity index (χ1v) is 10.8. The molecule has 3 N–H and O–H groups in total. The van der Waals surface area contributed by atoms with Crippen molar-refractivity contribution in [3.63, 3.8) is 0 Å². The molecule has 5 heteroatoms. The molecule has 1 aliphatic carbocycles. The molecule has 0 spiro atoms. The van der Waals surface area contributed by atoms with Crippen LogP contribution in [0, 0.1) is 6.08 Å². The SMILES string of the molecule is CCO.CCO.CCO.[C-]1=CC=CC1.[CH3][GeH][CH3].[Zr]. The summed E-state index contributed by atoms with van der Waals surface area (Å²) in [6.07, 6.45) is 10.0. The van der Waals surface area contributed by atoms with Crippen molar-refractivity contribution in [3.05, 3.63) is 24.3 Å². The Morgan fingerprint density at radius 1 is 1.00 bits per heavy atom. The fourth-order valence-corrected chi connectivity index (χ4v) is 0.340. The first-order valence-electron chi connectivity index (χ1n) is 5.94. The summed E-state index contributed by atoms with van der Waals surface area (Å²) in [4.78, 5) is 0. The molecule has 3 nitrogen and oxygen atoms in total. The van der Waals surface area contributed by atoms with E-state index < -0.39 is 0 Å². The monoisotopic (exact) mass is 398 g/mol. The van der Waals surface area contributed by atoms with Gasteiger partial charge in [-0.15, -0.1) is 6.42 Å². The molecule has 0 aromatic rings. The quantitative estimate of drug-likeness (QED) is 0.431. The summed E-state index contributed by atoms with van der Waals surface area (Å²) in [5.41, 5.74) is 0. The zero-order valence-electron chi connectivity index (χ0n) is 12.5. The van der Waals surface area contributed by atoms with Crippen LogP contribution in [0.25, 0.3) is 0 Å². The van der Waals surface area contributed by atoms with Crippen LogP contribution in [0.3, 0.4) is 0 Å². The molecule has 0 atom stereocenters. The molecule has 1 rings (SSSR count). The van der Waals surface area contributed by atoms with Gasteiger partial charge in [0.05, 0.1) is 0 Å². The van der Waals surface area contributed by atoms with Crippen LogP contribution in [-0.4, -0.2) is 50.6 Å². The largest absolute Gasteiger partial charge is 0 e. The van der Waals surface area contributed by atoms with Crippen molar-refractivity contribution in [1.29, 1.82) is 0 Å². The fraction of sp³-hybridized carbons (Fsp3) is 0.692. The van der Waals surface area contributed by atoms with Crippen LogP contribution in [0.5, 0.6) is 0 Å². The van der Waals surface area contributed by atoms with Gasteiger partial charge in [0.2, 0.25) is 0 Å². The number of hydrogen-bond acceptors (Lipinski definition) is 3. The predicted octanol–water partition coefficient (Wildman–Crippen LogP) is 1.82. The van der Waals surface area contributed by atoms with Crippen molar-refractivity contribution in [1.82, 2.24) is 0 Å². The maximum Gasteiger partial charge on any atom is 0 e. The molecule has 0 fully saturated rings. The van der Waals surface area contributed by atoms with Crippen molar-refractivity contribution < 1.29 is 41.5 Å². The second kappa shape index (κ2) is 52.3. The first-order chi connectivity index (χ1) is 8.16. The minimum Gasteiger partial charge on any atom is 0 e. The standard InChI is InChI=1S/C5H5.C2H7Ge.3C2H6O.Zr/c1-2-4-5-3-1;1-3-2;3*1-2-3;/h1-3H,4H2;3H,1-2H3;3*3H,2H2,1H3;/q-1;;;;;. The Hall–Kier alpha value is 0.786. The summed E-state index contributed by atoms with van der Waals surface area (Å²) in [6.45, 7) is 5.79. The number of aliphatic hydroxyl groups is 3. The molecule has 0 bridgehead atoms. The number of allylic oxidation sites excluding steroid dienone is 4. The van der Waals surface area contributed by atoms with Crippen molar-refractivity contribution >= 4 is 15.4 Å². The van der Waals surface area contributed by atoms with Crippen LogP contribution in [0.4, 0.5) is 0 Å². The second-order valence-electron chi connectivity index (χ2n) is 2.53. The van der Waals surface area contributed by atoms with Crippen molar-refractivity contribution in [2.24, 2.45) is 0 Å². The summed E-state index contributed by atoms with van der Waals surface area (Å²) in [7, 11) is 0. The average Bonchev–Trinajstić information content (AvgIpc) is 2.79. The molecule has 0 unspecified atom stereocenters. The van der Waals surface area contributed by atoms with Crippen LogP contribution < -0.4 is 0 Å². The Labute approximate surface area is 139 Å². The van der Waals surface area contributed by atoms with Gasteiger partial charge in [-0.3, -0.25) is 6.08 Å². The van der Waals surface area contributed by atoms with E-state index in [9.17, 15) is 0 Å². The molecular formula is C13H30GeO3Zr-. The summed E-state index contributed by atoms with van der Waals surface area (Å²) in [5, 5.41) is 22.7. The molecule has 0 saturated carbocycles. The van der Waals surface area contributed by atoms with Gasteiger partial charge in [-0.25, -0.2) is 12.2 Å². The van der Waals surface area contributed by atoms with Gasteiger partial charge in [0.25, 0.3) is 0 Å². The smallest absolute Gasteiger partial charge is 0 e. The van der Waals surface area contributed by atoms with Gasteiger partial charge in [0.1, 0.15) is 0 Å². The van der Waals surface area contributed by atoms with E-state index in [0.717, 1.165) is 6.42 Å². The Morgan fingerprint density at radius 3 is 1.33 bits per heavy atom. The zero-order valence-corrected chi connectivity index (χ0v) is 17.4. The van der Waals surface area contributed by atoms with E-state index in [1.54, 1.807) is 20.8 Å². The third-order valence-electron chi connectivity index (χ3n) is 0.586. The number of aliphatic hydroxyl groups excluding tert-OH is 3. The van der Waals surface area contributed by atoms with Crippen LogP contribution in [-0.2, 0) is 26.2 Å². The van der Waals surface area contributed by atoms with Crippen LogP contribution >= 0.6 is 0 Å². The van der Waals surface area contributed by atoms with Crippen LogP contribution in [0.15, 0.2) is 18.2 Å². The van der Waals surface area contributed by atoms with E-state index in [-0.39, 0.29) is 46.0 Å². The molecular weight excluding hydrogens is 368 g/mol. The molecule has 0 aliphatic heterocycles. The minimum absolute atomic E-state index is 0. The van der Waals surface area contributed by atoms with Gasteiger partial charge >= 0.3 is 26.9 Å². The summed E-state index contributed by atoms with van der Waals surface area (Å²) >= 11 is 0.312. The van der Waals surface area contributed by atoms with Gasteiger partial charge in [0.15, 0.2) is 0 Å². The van der Waals surface area contributed by atoms with Crippen molar-refractivity contribution in [2.75, 3.05) is 19.8 Å². The molecule has 18 heavy (non-hydrogen) atoms. The van der Waals surface area contributed by atoms with Gasteiger partial charge in [0, 0.05) is 46.0 Å². The van der Waals surface area contributed by atoms with E-state index >= 15 is 0 Å². The second-order valence-corrected chi connectivity index (χ2v) is 4.95. The van der Waals surface area contributed by atoms with Crippen molar-refractivity contribution in [3.8, 4) is 0 Å². The van der Waals surface area contributed by atoms with E-state index in [0.29, 0.717) is 15.4 Å². The Kier molecular flexibility index (Phi) is 90.9. The maximum absolute atomic E-state index is 7.57. The van der Waals surface area contributed by atoms with E-state index in [2.05, 4.69) is 23.7 Å². The van der Waals surface area contributed by atoms with Gasteiger partial charge < -0.3 is 15.3 Å². The van der Waals surface area contributed by atoms with Gasteiger partial charge in [-0.05, 0) is 20.8 Å². The molecule has 1 aliphatic rings. The van der Waals surface area contributed by atoms with Crippen molar-refractivity contribution in [2.45, 2.75) is 38.7 Å². The molecule has 0 aromatic carbocycles. The normalized spacial score (nSPS) is 8.89. The van der Waals surface area contributed by atoms with Gasteiger partial charge in [-0.2, -0.15) is 6.08 Å². The van der Waals surface area contributed by atoms with E-state index in [1.807, 2.05) is 12.2 Å². The molecule has 0 aromatic heterocycles. The fourth-order valence-electron chi connectivity index (χ4n) is 0.340. The first kappa shape index (κ1) is 31.3. The average molecular weight is 398 g/mol. The van der Waals surface area contributed by atoms with E-state index in [4.69, 9.17) is 15.3 Å². The Bertz CT molecular complexity index is 113. The summed E-state index contributed by atoms with van der Waals surface area (Å²) in [5.74, 6) is 4.56. The summed E-state index contributed by atoms with van der Waals surface area (Å²) in [6, 6.07) is 0. The zero-order chi connectivity index (χ0) is 14.4. The predicted molar refractivity (Wildman–Crippen MR) is 78.7 cm³/mol.